The summed E-state index contributed by atoms with van der Waals surface area (Å²) >= 11 is 0. The van der Waals surface area contributed by atoms with E-state index in [0.717, 1.165) is 34.5 Å². The van der Waals surface area contributed by atoms with Gasteiger partial charge in [0.2, 0.25) is 0 Å². The maximum atomic E-state index is 12.1. The van der Waals surface area contributed by atoms with E-state index < -0.39 is 0 Å². The van der Waals surface area contributed by atoms with Gasteiger partial charge in [0.25, 0.3) is 5.91 Å². The van der Waals surface area contributed by atoms with Crippen molar-refractivity contribution in [2.45, 2.75) is 27.2 Å². The van der Waals surface area contributed by atoms with Gasteiger partial charge in [-0.3, -0.25) is 4.79 Å². The number of rotatable bonds is 5. The summed E-state index contributed by atoms with van der Waals surface area (Å²) in [5.74, 6) is 0.634. The van der Waals surface area contributed by atoms with E-state index >= 15 is 0 Å². The Balaban J connectivity index is 1.99. The first-order valence-electron chi connectivity index (χ1n) is 7.18. The van der Waals surface area contributed by atoms with Crippen LogP contribution in [0.5, 0.6) is 5.75 Å². The molecule has 0 aliphatic rings. The van der Waals surface area contributed by atoms with Crippen LogP contribution in [-0.4, -0.2) is 12.5 Å². The van der Waals surface area contributed by atoms with Gasteiger partial charge in [-0.05, 0) is 43.0 Å². The minimum atomic E-state index is -0.140. The molecule has 0 aromatic heterocycles. The Morgan fingerprint density at radius 1 is 1.05 bits per heavy atom. The topological polar surface area (TPSA) is 38.3 Å². The fourth-order valence-corrected chi connectivity index (χ4v) is 2.27. The first-order valence-corrected chi connectivity index (χ1v) is 7.18. The van der Waals surface area contributed by atoms with Crippen LogP contribution in [-0.2, 0) is 11.2 Å². The molecule has 2 aromatic carbocycles. The van der Waals surface area contributed by atoms with Gasteiger partial charge < -0.3 is 10.1 Å². The first kappa shape index (κ1) is 15.1. The van der Waals surface area contributed by atoms with E-state index in [9.17, 15) is 4.79 Å². The predicted molar refractivity (Wildman–Crippen MR) is 85.9 cm³/mol. The number of anilines is 1. The van der Waals surface area contributed by atoms with E-state index in [4.69, 9.17) is 4.74 Å². The van der Waals surface area contributed by atoms with Gasteiger partial charge in [-0.2, -0.15) is 0 Å². The third kappa shape index (κ3) is 3.85. The highest BCUT2D eigenvalue weighted by Gasteiger charge is 2.09. The van der Waals surface area contributed by atoms with Crippen molar-refractivity contribution in [2.24, 2.45) is 0 Å². The second-order valence-corrected chi connectivity index (χ2v) is 5.06. The molecular weight excluding hydrogens is 262 g/mol. The number of hydrogen-bond acceptors (Lipinski definition) is 2. The monoisotopic (exact) mass is 283 g/mol. The van der Waals surface area contributed by atoms with Gasteiger partial charge >= 0.3 is 0 Å². The fourth-order valence-electron chi connectivity index (χ4n) is 2.27. The summed E-state index contributed by atoms with van der Waals surface area (Å²) in [6, 6.07) is 13.7. The van der Waals surface area contributed by atoms with E-state index in [1.165, 1.54) is 0 Å². The van der Waals surface area contributed by atoms with Crippen molar-refractivity contribution in [3.05, 3.63) is 59.2 Å². The summed E-state index contributed by atoms with van der Waals surface area (Å²) < 4.78 is 5.63. The van der Waals surface area contributed by atoms with Crippen LogP contribution in [0.15, 0.2) is 42.5 Å². The summed E-state index contributed by atoms with van der Waals surface area (Å²) in [6.45, 7) is 6.05. The van der Waals surface area contributed by atoms with Gasteiger partial charge in [-0.15, -0.1) is 0 Å². The maximum absolute atomic E-state index is 12.1. The molecule has 2 rings (SSSR count). The molecule has 3 nitrogen and oxygen atoms in total. The standard InChI is InChI=1S/C18H21NO2/c1-4-15-10-5-6-11-16(15)21-12-17(20)19-18-13(2)8-7-9-14(18)3/h5-11H,4,12H2,1-3H3,(H,19,20). The Bertz CT molecular complexity index is 615. The number of carbonyl (C=O) groups is 1. The highest BCUT2D eigenvalue weighted by atomic mass is 16.5. The third-order valence-electron chi connectivity index (χ3n) is 3.46. The lowest BCUT2D eigenvalue weighted by atomic mass is 10.1. The Hall–Kier alpha value is -2.29. The fraction of sp³-hybridized carbons (Fsp3) is 0.278. The summed E-state index contributed by atoms with van der Waals surface area (Å²) in [5, 5.41) is 2.92. The highest BCUT2D eigenvalue weighted by molar-refractivity contribution is 5.93. The van der Waals surface area contributed by atoms with Crippen LogP contribution in [0.25, 0.3) is 0 Å². The van der Waals surface area contributed by atoms with Crippen LogP contribution in [0.3, 0.4) is 0 Å². The van der Waals surface area contributed by atoms with Crippen molar-refractivity contribution in [2.75, 3.05) is 11.9 Å². The van der Waals surface area contributed by atoms with Crippen LogP contribution in [0.4, 0.5) is 5.69 Å². The molecule has 0 radical (unpaired) electrons. The number of carbonyl (C=O) groups excluding carboxylic acids is 1. The van der Waals surface area contributed by atoms with Gasteiger partial charge in [0.05, 0.1) is 0 Å². The molecule has 0 unspecified atom stereocenters. The Kier molecular flexibility index (Phi) is 4.99. The average Bonchev–Trinajstić information content (AvgIpc) is 2.49. The van der Waals surface area contributed by atoms with Gasteiger partial charge in [-0.1, -0.05) is 43.3 Å². The molecule has 0 atom stereocenters. The quantitative estimate of drug-likeness (QED) is 0.904. The number of hydrogen-bond donors (Lipinski definition) is 1. The zero-order valence-corrected chi connectivity index (χ0v) is 12.8. The minimum absolute atomic E-state index is 0.0186. The zero-order chi connectivity index (χ0) is 15.2. The minimum Gasteiger partial charge on any atom is -0.483 e. The Morgan fingerprint density at radius 3 is 2.38 bits per heavy atom. The molecule has 0 bridgehead atoms. The van der Waals surface area contributed by atoms with Gasteiger partial charge in [0.1, 0.15) is 5.75 Å². The molecular formula is C18H21NO2. The second kappa shape index (κ2) is 6.93. The van der Waals surface area contributed by atoms with E-state index in [1.807, 2.05) is 56.3 Å². The Labute approximate surface area is 126 Å². The van der Waals surface area contributed by atoms with Crippen LogP contribution >= 0.6 is 0 Å². The lowest BCUT2D eigenvalue weighted by molar-refractivity contribution is -0.118. The molecule has 110 valence electrons. The van der Waals surface area contributed by atoms with Crippen molar-refractivity contribution in [3.8, 4) is 5.75 Å². The van der Waals surface area contributed by atoms with Crippen LogP contribution < -0.4 is 10.1 Å². The highest BCUT2D eigenvalue weighted by Crippen LogP contribution is 2.20. The number of aryl methyl sites for hydroxylation is 3. The van der Waals surface area contributed by atoms with Crippen molar-refractivity contribution in [3.63, 3.8) is 0 Å². The number of para-hydroxylation sites is 2. The van der Waals surface area contributed by atoms with E-state index in [0.29, 0.717) is 0 Å². The molecule has 0 aliphatic carbocycles. The predicted octanol–water partition coefficient (Wildman–Crippen LogP) is 3.88. The molecule has 0 fully saturated rings. The molecule has 3 heteroatoms. The SMILES string of the molecule is CCc1ccccc1OCC(=O)Nc1c(C)cccc1C. The number of nitrogens with one attached hydrogen (secondary N) is 1. The molecule has 0 heterocycles. The normalized spacial score (nSPS) is 10.2. The smallest absolute Gasteiger partial charge is 0.262 e. The molecule has 21 heavy (non-hydrogen) atoms. The number of benzene rings is 2. The molecule has 2 aromatic rings. The Morgan fingerprint density at radius 2 is 1.71 bits per heavy atom. The summed E-state index contributed by atoms with van der Waals surface area (Å²) in [6.07, 6.45) is 0.884. The average molecular weight is 283 g/mol. The van der Waals surface area contributed by atoms with E-state index in [1.54, 1.807) is 0 Å². The molecule has 0 spiro atoms. The van der Waals surface area contributed by atoms with Gasteiger partial charge in [-0.25, -0.2) is 0 Å². The maximum Gasteiger partial charge on any atom is 0.262 e. The largest absolute Gasteiger partial charge is 0.483 e. The lowest BCUT2D eigenvalue weighted by Crippen LogP contribution is -2.21. The number of ether oxygens (including phenoxy) is 1. The van der Waals surface area contributed by atoms with Gasteiger partial charge in [0.15, 0.2) is 6.61 Å². The van der Waals surface area contributed by atoms with E-state index in [2.05, 4.69) is 12.2 Å². The summed E-state index contributed by atoms with van der Waals surface area (Å²) in [7, 11) is 0. The summed E-state index contributed by atoms with van der Waals surface area (Å²) in [5.41, 5.74) is 4.09. The van der Waals surface area contributed by atoms with Gasteiger partial charge in [0, 0.05) is 5.69 Å². The molecule has 1 amide bonds. The van der Waals surface area contributed by atoms with Crippen LogP contribution in [0.1, 0.15) is 23.6 Å². The molecule has 1 N–H and O–H groups in total. The van der Waals surface area contributed by atoms with Crippen molar-refractivity contribution >= 4 is 11.6 Å². The first-order chi connectivity index (χ1) is 10.1. The number of amides is 1. The van der Waals surface area contributed by atoms with Crippen molar-refractivity contribution < 1.29 is 9.53 Å². The molecule has 0 aliphatic heterocycles. The van der Waals surface area contributed by atoms with Crippen molar-refractivity contribution in [1.29, 1.82) is 0 Å². The third-order valence-corrected chi connectivity index (χ3v) is 3.46. The van der Waals surface area contributed by atoms with Crippen molar-refractivity contribution in [1.82, 2.24) is 0 Å². The second-order valence-electron chi connectivity index (χ2n) is 5.06. The summed E-state index contributed by atoms with van der Waals surface area (Å²) in [4.78, 5) is 12.1. The van der Waals surface area contributed by atoms with E-state index in [-0.39, 0.29) is 12.5 Å². The van der Waals surface area contributed by atoms with Crippen LogP contribution in [0, 0.1) is 13.8 Å². The lowest BCUT2D eigenvalue weighted by Gasteiger charge is -2.13. The molecule has 0 saturated carbocycles. The van der Waals surface area contributed by atoms with Crippen LogP contribution in [0.2, 0.25) is 0 Å². The molecule has 0 saturated heterocycles. The zero-order valence-electron chi connectivity index (χ0n) is 12.8.